The molecule has 0 unspecified atom stereocenters. The normalized spacial score (nSPS) is 10.1. The molecule has 3 rings (SSSR count). The van der Waals surface area contributed by atoms with E-state index in [1.54, 1.807) is 48.5 Å². The highest BCUT2D eigenvalue weighted by atomic mass is 16.6. The smallest absolute Gasteiger partial charge is 0.269 e. The lowest BCUT2D eigenvalue weighted by Crippen LogP contribution is -2.22. The SMILES string of the molecule is O=C(COc1ccc([N+](=O)[O-])cc1)Nc1ccccc1C(=O)Nc1ccccc1. The number of carbonyl (C=O) groups excluding carboxylic acids is 2. The molecule has 0 saturated heterocycles. The lowest BCUT2D eigenvalue weighted by Gasteiger charge is -2.12. The third-order valence-electron chi connectivity index (χ3n) is 3.89. The minimum Gasteiger partial charge on any atom is -0.484 e. The molecule has 3 aromatic carbocycles. The van der Waals surface area contributed by atoms with Crippen LogP contribution in [0.5, 0.6) is 5.75 Å². The van der Waals surface area contributed by atoms with Gasteiger partial charge in [0, 0.05) is 17.8 Å². The maximum absolute atomic E-state index is 12.5. The first-order chi connectivity index (χ1) is 14.0. The molecule has 2 N–H and O–H groups in total. The molecule has 0 aliphatic rings. The molecule has 0 saturated carbocycles. The van der Waals surface area contributed by atoms with Crippen LogP contribution in [0, 0.1) is 10.1 Å². The Hall–Kier alpha value is -4.20. The van der Waals surface area contributed by atoms with Crippen LogP contribution in [0.1, 0.15) is 10.4 Å². The van der Waals surface area contributed by atoms with E-state index in [1.165, 1.54) is 24.3 Å². The van der Waals surface area contributed by atoms with Gasteiger partial charge in [0.2, 0.25) is 0 Å². The van der Waals surface area contributed by atoms with Crippen molar-refractivity contribution in [2.45, 2.75) is 0 Å². The van der Waals surface area contributed by atoms with Gasteiger partial charge in [-0.1, -0.05) is 30.3 Å². The number of rotatable bonds is 7. The van der Waals surface area contributed by atoms with E-state index in [9.17, 15) is 19.7 Å². The summed E-state index contributed by atoms with van der Waals surface area (Å²) < 4.78 is 5.34. The summed E-state index contributed by atoms with van der Waals surface area (Å²) in [6, 6.07) is 21.0. The van der Waals surface area contributed by atoms with Crippen molar-refractivity contribution in [3.63, 3.8) is 0 Å². The number of non-ortho nitro benzene ring substituents is 1. The zero-order chi connectivity index (χ0) is 20.6. The van der Waals surface area contributed by atoms with Crippen LogP contribution < -0.4 is 15.4 Å². The molecule has 0 atom stereocenters. The summed E-state index contributed by atoms with van der Waals surface area (Å²) in [5, 5.41) is 16.1. The minimum atomic E-state index is -0.520. The van der Waals surface area contributed by atoms with Crippen LogP contribution in [0.15, 0.2) is 78.9 Å². The Kier molecular flexibility index (Phi) is 6.16. The number of benzene rings is 3. The number of carbonyl (C=O) groups is 2. The van der Waals surface area contributed by atoms with Crippen molar-refractivity contribution < 1.29 is 19.2 Å². The van der Waals surface area contributed by atoms with Gasteiger partial charge >= 0.3 is 0 Å². The van der Waals surface area contributed by atoms with Gasteiger partial charge in [-0.25, -0.2) is 0 Å². The zero-order valence-corrected chi connectivity index (χ0v) is 15.2. The second-order valence-corrected chi connectivity index (χ2v) is 5.95. The lowest BCUT2D eigenvalue weighted by molar-refractivity contribution is -0.384. The van der Waals surface area contributed by atoms with Gasteiger partial charge in [-0.3, -0.25) is 19.7 Å². The molecule has 8 heteroatoms. The van der Waals surface area contributed by atoms with Crippen molar-refractivity contribution >= 4 is 28.9 Å². The Morgan fingerprint density at radius 3 is 2.21 bits per heavy atom. The Labute approximate surface area is 166 Å². The summed E-state index contributed by atoms with van der Waals surface area (Å²) in [4.78, 5) is 34.9. The average Bonchev–Trinajstić information content (AvgIpc) is 2.73. The quantitative estimate of drug-likeness (QED) is 0.469. The number of hydrogen-bond donors (Lipinski definition) is 2. The molecule has 29 heavy (non-hydrogen) atoms. The van der Waals surface area contributed by atoms with E-state index in [0.29, 0.717) is 22.7 Å². The molecule has 0 fully saturated rings. The van der Waals surface area contributed by atoms with Gasteiger partial charge < -0.3 is 15.4 Å². The maximum atomic E-state index is 12.5. The first-order valence-electron chi connectivity index (χ1n) is 8.65. The van der Waals surface area contributed by atoms with E-state index in [4.69, 9.17) is 4.74 Å². The Balaban J connectivity index is 1.61. The van der Waals surface area contributed by atoms with Crippen LogP contribution >= 0.6 is 0 Å². The Bertz CT molecular complexity index is 1020. The van der Waals surface area contributed by atoms with Gasteiger partial charge in [0.15, 0.2) is 6.61 Å². The van der Waals surface area contributed by atoms with E-state index in [1.807, 2.05) is 6.07 Å². The zero-order valence-electron chi connectivity index (χ0n) is 15.2. The monoisotopic (exact) mass is 391 g/mol. The molecule has 0 aromatic heterocycles. The molecule has 0 aliphatic heterocycles. The van der Waals surface area contributed by atoms with Gasteiger partial charge in [0.25, 0.3) is 17.5 Å². The van der Waals surface area contributed by atoms with E-state index < -0.39 is 10.8 Å². The molecular formula is C21H17N3O5. The standard InChI is InChI=1S/C21H17N3O5/c25-20(14-29-17-12-10-16(11-13-17)24(27)28)23-19-9-5-4-8-18(19)21(26)22-15-6-2-1-3-7-15/h1-13H,14H2,(H,22,26)(H,23,25). The molecular weight excluding hydrogens is 374 g/mol. The summed E-state index contributed by atoms with van der Waals surface area (Å²) in [6.45, 7) is -0.313. The number of anilines is 2. The van der Waals surface area contributed by atoms with Crippen molar-refractivity contribution in [2.75, 3.05) is 17.2 Å². The van der Waals surface area contributed by atoms with E-state index in [2.05, 4.69) is 10.6 Å². The molecule has 0 aliphatic carbocycles. The number of amides is 2. The predicted octanol–water partition coefficient (Wildman–Crippen LogP) is 3.86. The van der Waals surface area contributed by atoms with E-state index in [-0.39, 0.29) is 18.2 Å². The fraction of sp³-hybridized carbons (Fsp3) is 0.0476. The highest BCUT2D eigenvalue weighted by molar-refractivity contribution is 6.10. The molecule has 0 heterocycles. The van der Waals surface area contributed by atoms with Crippen molar-refractivity contribution in [2.24, 2.45) is 0 Å². The Morgan fingerprint density at radius 1 is 0.862 bits per heavy atom. The van der Waals surface area contributed by atoms with Gasteiger partial charge in [-0.2, -0.15) is 0 Å². The van der Waals surface area contributed by atoms with Crippen molar-refractivity contribution in [1.82, 2.24) is 0 Å². The largest absolute Gasteiger partial charge is 0.484 e. The molecule has 0 spiro atoms. The van der Waals surface area contributed by atoms with Crippen LogP contribution in [-0.2, 0) is 4.79 Å². The average molecular weight is 391 g/mol. The van der Waals surface area contributed by atoms with Crippen LogP contribution in [0.3, 0.4) is 0 Å². The summed E-state index contributed by atoms with van der Waals surface area (Å²) in [5.74, 6) is -0.507. The second-order valence-electron chi connectivity index (χ2n) is 5.95. The fourth-order valence-corrected chi connectivity index (χ4v) is 2.51. The number of ether oxygens (including phenoxy) is 1. The third-order valence-corrected chi connectivity index (χ3v) is 3.89. The molecule has 2 amide bonds. The number of para-hydroxylation sites is 2. The first kappa shape index (κ1) is 19.6. The van der Waals surface area contributed by atoms with Gasteiger partial charge in [-0.15, -0.1) is 0 Å². The van der Waals surface area contributed by atoms with Crippen LogP contribution in [0.4, 0.5) is 17.1 Å². The van der Waals surface area contributed by atoms with Gasteiger partial charge in [-0.05, 0) is 36.4 Å². The molecule has 8 nitrogen and oxygen atoms in total. The number of nitro groups is 1. The molecule has 0 radical (unpaired) electrons. The lowest BCUT2D eigenvalue weighted by atomic mass is 10.1. The maximum Gasteiger partial charge on any atom is 0.269 e. The summed E-state index contributed by atoms with van der Waals surface area (Å²) in [7, 11) is 0. The number of nitrogens with zero attached hydrogens (tertiary/aromatic N) is 1. The topological polar surface area (TPSA) is 111 Å². The summed E-state index contributed by atoms with van der Waals surface area (Å²) in [5.41, 5.74) is 1.22. The fourth-order valence-electron chi connectivity index (χ4n) is 2.51. The van der Waals surface area contributed by atoms with E-state index >= 15 is 0 Å². The molecule has 3 aromatic rings. The van der Waals surface area contributed by atoms with Crippen LogP contribution in [0.25, 0.3) is 0 Å². The van der Waals surface area contributed by atoms with Crippen LogP contribution in [0.2, 0.25) is 0 Å². The first-order valence-corrected chi connectivity index (χ1v) is 8.65. The Morgan fingerprint density at radius 2 is 1.52 bits per heavy atom. The number of nitrogens with one attached hydrogen (secondary N) is 2. The summed E-state index contributed by atoms with van der Waals surface area (Å²) in [6.07, 6.45) is 0. The van der Waals surface area contributed by atoms with Gasteiger partial charge in [0.1, 0.15) is 5.75 Å². The highest BCUT2D eigenvalue weighted by Gasteiger charge is 2.14. The summed E-state index contributed by atoms with van der Waals surface area (Å²) >= 11 is 0. The van der Waals surface area contributed by atoms with E-state index in [0.717, 1.165) is 0 Å². The molecule has 146 valence electrons. The third kappa shape index (κ3) is 5.39. The van der Waals surface area contributed by atoms with Gasteiger partial charge in [0.05, 0.1) is 16.2 Å². The number of hydrogen-bond acceptors (Lipinski definition) is 5. The minimum absolute atomic E-state index is 0.0693. The molecule has 0 bridgehead atoms. The predicted molar refractivity (Wildman–Crippen MR) is 108 cm³/mol. The number of nitro benzene ring substituents is 1. The second kappa shape index (κ2) is 9.14. The van der Waals surface area contributed by atoms with Crippen molar-refractivity contribution in [1.29, 1.82) is 0 Å². The van der Waals surface area contributed by atoms with Crippen LogP contribution in [-0.4, -0.2) is 23.3 Å². The highest BCUT2D eigenvalue weighted by Crippen LogP contribution is 2.19. The van der Waals surface area contributed by atoms with Crippen molar-refractivity contribution in [3.8, 4) is 5.75 Å². The van der Waals surface area contributed by atoms with Crippen molar-refractivity contribution in [3.05, 3.63) is 94.5 Å².